The van der Waals surface area contributed by atoms with Crippen molar-refractivity contribution in [2.75, 3.05) is 7.11 Å². The SMILES string of the molecule is CCCCCCCC/C=C\CCCCCCCC(=O)OC.[SeH2].c1ccccc1. The largest absolute Gasteiger partial charge is 0.0623 e. The van der Waals surface area contributed by atoms with E-state index in [0.717, 1.165) is 12.8 Å². The number of hydrogen-bond acceptors (Lipinski definition) is 2. The van der Waals surface area contributed by atoms with Gasteiger partial charge in [0.05, 0.1) is 7.11 Å². The van der Waals surface area contributed by atoms with Crippen molar-refractivity contribution in [1.29, 1.82) is 0 Å². The molecule has 1 aromatic rings. The number of methoxy groups -OCH3 is 1. The number of hydrogen-bond donors (Lipinski definition) is 0. The Hall–Kier alpha value is -1.05. The second kappa shape index (κ2) is 25.9. The maximum Gasteiger partial charge on any atom is -0.0623 e. The molecule has 2 nitrogen and oxygen atoms in total. The Labute approximate surface area is 185 Å². The standard InChI is InChI=1S/C19H36O2.C6H6.H2Se/c1-3-4-5-6-7-8-9-10-11-12-13-14-15-16-17-18-19(20)21-2;1-2-4-6-5-3-1;/h10-11H,3-9,12-18H2,1-2H3;1-6H;1H2/b11-10-;;. The van der Waals surface area contributed by atoms with Crippen LogP contribution in [0.4, 0.5) is 0 Å². The van der Waals surface area contributed by atoms with Crippen molar-refractivity contribution in [3.8, 4) is 0 Å². The van der Waals surface area contributed by atoms with Gasteiger partial charge in [-0.2, -0.15) is 0 Å². The number of benzene rings is 1. The minimum atomic E-state index is -0.0763. The van der Waals surface area contributed by atoms with Crippen LogP contribution < -0.4 is 0 Å². The molecule has 0 aliphatic heterocycles. The molecule has 0 unspecified atom stereocenters. The zero-order valence-corrected chi connectivity index (χ0v) is 20.4. The van der Waals surface area contributed by atoms with Crippen molar-refractivity contribution in [3.05, 3.63) is 48.6 Å². The van der Waals surface area contributed by atoms with E-state index in [2.05, 4.69) is 23.8 Å². The Bertz CT molecular complexity index is 405. The van der Waals surface area contributed by atoms with Crippen molar-refractivity contribution >= 4 is 23.0 Å². The third-order valence-corrected chi connectivity index (χ3v) is 4.54. The molecule has 0 bridgehead atoms. The van der Waals surface area contributed by atoms with Crippen LogP contribution in [0, 0.1) is 0 Å². The third kappa shape index (κ3) is 24.9. The fourth-order valence-corrected chi connectivity index (χ4v) is 2.83. The van der Waals surface area contributed by atoms with E-state index in [4.69, 9.17) is 0 Å². The molecule has 0 aliphatic carbocycles. The summed E-state index contributed by atoms with van der Waals surface area (Å²) in [4.78, 5) is 10.9. The molecule has 3 heteroatoms. The Balaban J connectivity index is 0. The molecule has 0 saturated heterocycles. The topological polar surface area (TPSA) is 26.3 Å². The van der Waals surface area contributed by atoms with E-state index in [1.165, 1.54) is 77.7 Å². The predicted octanol–water partition coefficient (Wildman–Crippen LogP) is 6.97. The molecule has 0 spiro atoms. The first kappa shape index (κ1) is 29.2. The second-order valence-corrected chi connectivity index (χ2v) is 7.07. The molecule has 1 rings (SSSR count). The summed E-state index contributed by atoms with van der Waals surface area (Å²) in [5.74, 6) is -0.0763. The average Bonchev–Trinajstić information content (AvgIpc) is 2.72. The fourth-order valence-electron chi connectivity index (χ4n) is 2.83. The maximum absolute atomic E-state index is 10.9. The summed E-state index contributed by atoms with van der Waals surface area (Å²) in [7, 11) is 1.46. The van der Waals surface area contributed by atoms with Gasteiger partial charge in [0.2, 0.25) is 0 Å². The molecule has 162 valence electrons. The van der Waals surface area contributed by atoms with Gasteiger partial charge < -0.3 is 4.74 Å². The van der Waals surface area contributed by atoms with Crippen LogP contribution in [0.25, 0.3) is 0 Å². The van der Waals surface area contributed by atoms with Crippen LogP contribution in [-0.2, 0) is 9.53 Å². The van der Waals surface area contributed by atoms with Gasteiger partial charge in [-0.1, -0.05) is 107 Å². The summed E-state index contributed by atoms with van der Waals surface area (Å²) < 4.78 is 4.62. The van der Waals surface area contributed by atoms with E-state index >= 15 is 0 Å². The van der Waals surface area contributed by atoms with Crippen LogP contribution in [0.2, 0.25) is 0 Å². The Morgan fingerprint density at radius 2 is 1.07 bits per heavy atom. The number of ether oxygens (including phenoxy) is 1. The molecule has 0 aromatic heterocycles. The van der Waals surface area contributed by atoms with Gasteiger partial charge in [-0.05, 0) is 32.1 Å². The molecule has 0 saturated carbocycles. The summed E-state index contributed by atoms with van der Waals surface area (Å²) >= 11 is 0. The number of esters is 1. The number of allylic oxidation sites excluding steroid dienone is 2. The molecule has 0 aliphatic rings. The molecule has 28 heavy (non-hydrogen) atoms. The molecule has 0 fully saturated rings. The summed E-state index contributed by atoms with van der Waals surface area (Å²) in [6.45, 7) is 2.27. The van der Waals surface area contributed by atoms with Crippen LogP contribution in [0.3, 0.4) is 0 Å². The first-order valence-corrected chi connectivity index (χ1v) is 11.0. The normalized spacial score (nSPS) is 10.1. The molecule has 0 amide bonds. The number of carbonyl (C=O) groups excluding carboxylic acids is 1. The van der Waals surface area contributed by atoms with E-state index < -0.39 is 0 Å². The quantitative estimate of drug-likeness (QED) is 0.124. The predicted molar refractivity (Wildman–Crippen MR) is 126 cm³/mol. The zero-order valence-electron chi connectivity index (χ0n) is 18.3. The number of unbranched alkanes of at least 4 members (excludes halogenated alkanes) is 11. The number of rotatable bonds is 15. The van der Waals surface area contributed by atoms with Gasteiger partial charge in [-0.3, -0.25) is 4.79 Å². The zero-order chi connectivity index (χ0) is 19.8. The molecule has 1 aromatic carbocycles. The van der Waals surface area contributed by atoms with E-state index in [1.54, 1.807) is 0 Å². The summed E-state index contributed by atoms with van der Waals surface area (Å²) in [5.41, 5.74) is 0. The maximum atomic E-state index is 10.9. The van der Waals surface area contributed by atoms with Crippen LogP contribution in [0.5, 0.6) is 0 Å². The van der Waals surface area contributed by atoms with Crippen LogP contribution in [0.15, 0.2) is 48.6 Å². The van der Waals surface area contributed by atoms with Crippen molar-refractivity contribution in [1.82, 2.24) is 0 Å². The van der Waals surface area contributed by atoms with Crippen LogP contribution in [-0.4, -0.2) is 30.1 Å². The minimum Gasteiger partial charge on any atom is -0.0623 e. The Morgan fingerprint density at radius 1 is 0.679 bits per heavy atom. The molecule has 0 radical (unpaired) electrons. The monoisotopic (exact) mass is 456 g/mol. The molecule has 0 N–H and O–H groups in total. The van der Waals surface area contributed by atoms with Gasteiger partial charge in [0.25, 0.3) is 0 Å². The third-order valence-electron chi connectivity index (χ3n) is 4.54. The Kier molecular flexibility index (Phi) is 27.0. The first-order chi connectivity index (χ1) is 13.3. The average molecular weight is 456 g/mol. The molecule has 0 heterocycles. The van der Waals surface area contributed by atoms with Gasteiger partial charge in [0, 0.05) is 6.42 Å². The van der Waals surface area contributed by atoms with Gasteiger partial charge in [-0.15, -0.1) is 0 Å². The van der Waals surface area contributed by atoms with E-state index in [9.17, 15) is 4.79 Å². The van der Waals surface area contributed by atoms with Gasteiger partial charge in [0.1, 0.15) is 0 Å². The van der Waals surface area contributed by atoms with Gasteiger partial charge >= 0.3 is 23.0 Å². The van der Waals surface area contributed by atoms with Crippen molar-refractivity contribution in [2.24, 2.45) is 0 Å². The molecule has 0 atom stereocenters. The summed E-state index contributed by atoms with van der Waals surface area (Å²) in [6.07, 6.45) is 22.0. The van der Waals surface area contributed by atoms with E-state index in [1.807, 2.05) is 36.4 Å². The van der Waals surface area contributed by atoms with Gasteiger partial charge in [0.15, 0.2) is 0 Å². The second-order valence-electron chi connectivity index (χ2n) is 7.07. The summed E-state index contributed by atoms with van der Waals surface area (Å²) in [6, 6.07) is 12.0. The van der Waals surface area contributed by atoms with Crippen molar-refractivity contribution < 1.29 is 9.53 Å². The number of carbonyl (C=O) groups is 1. The first-order valence-electron chi connectivity index (χ1n) is 11.0. The molecular formula is C25H44O2Se. The van der Waals surface area contributed by atoms with Crippen LogP contribution in [0.1, 0.15) is 96.8 Å². The van der Waals surface area contributed by atoms with E-state index in [0.29, 0.717) is 6.42 Å². The fraction of sp³-hybridized carbons (Fsp3) is 0.640. The van der Waals surface area contributed by atoms with Gasteiger partial charge in [-0.25, -0.2) is 0 Å². The Morgan fingerprint density at radius 3 is 1.50 bits per heavy atom. The van der Waals surface area contributed by atoms with Crippen LogP contribution >= 0.6 is 0 Å². The molecular weight excluding hydrogens is 411 g/mol. The minimum absolute atomic E-state index is 0. The van der Waals surface area contributed by atoms with E-state index in [-0.39, 0.29) is 23.0 Å². The van der Waals surface area contributed by atoms with Crippen molar-refractivity contribution in [2.45, 2.75) is 96.8 Å². The van der Waals surface area contributed by atoms with Crippen molar-refractivity contribution in [3.63, 3.8) is 0 Å². The summed E-state index contributed by atoms with van der Waals surface area (Å²) in [5, 5.41) is 0. The smallest absolute Gasteiger partial charge is 0.0623 e.